The van der Waals surface area contributed by atoms with Crippen molar-refractivity contribution in [3.63, 3.8) is 0 Å². The minimum absolute atomic E-state index is 0.284. The molecule has 1 fully saturated rings. The Kier molecular flexibility index (Phi) is 3.13. The number of benzene rings is 2. The minimum atomic E-state index is 0.284. The number of fused-ring (bicyclic) bond motifs is 1. The van der Waals surface area contributed by atoms with Crippen molar-refractivity contribution in [3.05, 3.63) is 66.4 Å². The van der Waals surface area contributed by atoms with Crippen LogP contribution in [-0.4, -0.2) is 23.9 Å². The number of rotatable bonds is 5. The van der Waals surface area contributed by atoms with Crippen LogP contribution >= 0.6 is 0 Å². The molecule has 1 aromatic heterocycles. The number of nitrogens with zero attached hydrogens (tertiary/aromatic N) is 1. The van der Waals surface area contributed by atoms with Crippen LogP contribution in [-0.2, 0) is 11.3 Å². The largest absolute Gasteiger partial charge is 0.490 e. The van der Waals surface area contributed by atoms with Gasteiger partial charge in [0.1, 0.15) is 18.5 Å². The second-order valence-corrected chi connectivity index (χ2v) is 5.38. The van der Waals surface area contributed by atoms with Gasteiger partial charge in [0.25, 0.3) is 0 Å². The van der Waals surface area contributed by atoms with Gasteiger partial charge in [-0.1, -0.05) is 36.4 Å². The van der Waals surface area contributed by atoms with Gasteiger partial charge in [0, 0.05) is 18.1 Å². The smallest absolute Gasteiger partial charge is 0.128 e. The van der Waals surface area contributed by atoms with Crippen LogP contribution < -0.4 is 4.74 Å². The van der Waals surface area contributed by atoms with Crippen molar-refractivity contribution in [1.82, 2.24) is 4.57 Å². The molecule has 106 valence electrons. The highest BCUT2D eigenvalue weighted by atomic mass is 16.6. The van der Waals surface area contributed by atoms with E-state index in [1.54, 1.807) is 0 Å². The average molecular weight is 279 g/mol. The van der Waals surface area contributed by atoms with Gasteiger partial charge in [0.05, 0.1) is 12.1 Å². The summed E-state index contributed by atoms with van der Waals surface area (Å²) < 4.78 is 13.3. The van der Waals surface area contributed by atoms with Gasteiger partial charge in [-0.05, 0) is 23.8 Å². The van der Waals surface area contributed by atoms with E-state index in [1.165, 1.54) is 11.1 Å². The summed E-state index contributed by atoms with van der Waals surface area (Å²) in [5.41, 5.74) is 2.50. The van der Waals surface area contributed by atoms with Crippen molar-refractivity contribution in [1.29, 1.82) is 0 Å². The number of ether oxygens (including phenoxy) is 2. The Balaban J connectivity index is 1.63. The van der Waals surface area contributed by atoms with Crippen molar-refractivity contribution in [2.75, 3.05) is 13.2 Å². The van der Waals surface area contributed by atoms with E-state index < -0.39 is 0 Å². The van der Waals surface area contributed by atoms with Gasteiger partial charge < -0.3 is 14.0 Å². The molecule has 4 rings (SSSR count). The lowest BCUT2D eigenvalue weighted by molar-refractivity contribution is 0.265. The first kappa shape index (κ1) is 12.5. The first-order chi connectivity index (χ1) is 10.4. The standard InChI is InChI=1S/C18H17NO2/c1-2-5-14(6-3-1)11-19-10-9-16-17(19)7-4-8-18(16)21-13-15-12-20-15/h1-10,15H,11-13H2. The van der Waals surface area contributed by atoms with Crippen molar-refractivity contribution in [2.45, 2.75) is 12.6 Å². The first-order valence-corrected chi connectivity index (χ1v) is 7.26. The van der Waals surface area contributed by atoms with Gasteiger partial charge in [-0.2, -0.15) is 0 Å². The van der Waals surface area contributed by atoms with E-state index in [0.29, 0.717) is 6.61 Å². The summed E-state index contributed by atoms with van der Waals surface area (Å²) in [6, 6.07) is 18.8. The molecular weight excluding hydrogens is 262 g/mol. The molecule has 0 saturated carbocycles. The van der Waals surface area contributed by atoms with E-state index in [4.69, 9.17) is 9.47 Å². The highest BCUT2D eigenvalue weighted by Gasteiger charge is 2.23. The van der Waals surface area contributed by atoms with Crippen molar-refractivity contribution >= 4 is 10.9 Å². The van der Waals surface area contributed by atoms with Gasteiger partial charge in [0.2, 0.25) is 0 Å². The fourth-order valence-electron chi connectivity index (χ4n) is 2.59. The van der Waals surface area contributed by atoms with Crippen LogP contribution in [0.5, 0.6) is 5.75 Å². The monoisotopic (exact) mass is 279 g/mol. The van der Waals surface area contributed by atoms with E-state index in [9.17, 15) is 0 Å². The summed E-state index contributed by atoms with van der Waals surface area (Å²) in [5.74, 6) is 0.940. The Morgan fingerprint density at radius 2 is 1.90 bits per heavy atom. The summed E-state index contributed by atoms with van der Waals surface area (Å²) in [6.45, 7) is 2.34. The summed E-state index contributed by atoms with van der Waals surface area (Å²) in [6.07, 6.45) is 2.41. The maximum absolute atomic E-state index is 5.87. The predicted octanol–water partition coefficient (Wildman–Crippen LogP) is 3.47. The highest BCUT2D eigenvalue weighted by molar-refractivity contribution is 5.86. The molecule has 0 amide bonds. The molecule has 1 atom stereocenters. The molecule has 0 spiro atoms. The lowest BCUT2D eigenvalue weighted by atomic mass is 10.2. The summed E-state index contributed by atoms with van der Waals surface area (Å²) >= 11 is 0. The molecule has 0 bridgehead atoms. The molecule has 1 aliphatic rings. The molecule has 3 aromatic rings. The molecular formula is C18H17NO2. The van der Waals surface area contributed by atoms with E-state index in [0.717, 1.165) is 24.3 Å². The Labute approximate surface area is 123 Å². The fraction of sp³-hybridized carbons (Fsp3) is 0.222. The zero-order chi connectivity index (χ0) is 14.1. The maximum Gasteiger partial charge on any atom is 0.128 e. The van der Waals surface area contributed by atoms with Crippen LogP contribution in [0.1, 0.15) is 5.56 Å². The van der Waals surface area contributed by atoms with Crippen LogP contribution in [0.2, 0.25) is 0 Å². The van der Waals surface area contributed by atoms with Crippen LogP contribution in [0.4, 0.5) is 0 Å². The number of aromatic nitrogens is 1. The Bertz CT molecular complexity index is 744. The van der Waals surface area contributed by atoms with Crippen molar-refractivity contribution < 1.29 is 9.47 Å². The third-order valence-corrected chi connectivity index (χ3v) is 3.80. The van der Waals surface area contributed by atoms with Crippen LogP contribution in [0.15, 0.2) is 60.8 Å². The zero-order valence-electron chi connectivity index (χ0n) is 11.7. The SMILES string of the molecule is c1ccc(Cn2ccc3c(OCC4CO4)cccc32)cc1. The lowest BCUT2D eigenvalue weighted by Gasteiger charge is -2.08. The normalized spacial score (nSPS) is 17.0. The van der Waals surface area contributed by atoms with Crippen molar-refractivity contribution in [2.24, 2.45) is 0 Å². The molecule has 21 heavy (non-hydrogen) atoms. The van der Waals surface area contributed by atoms with Crippen molar-refractivity contribution in [3.8, 4) is 5.75 Å². The molecule has 3 nitrogen and oxygen atoms in total. The van der Waals surface area contributed by atoms with E-state index in [1.807, 2.05) is 18.2 Å². The Hall–Kier alpha value is -2.26. The quantitative estimate of drug-likeness (QED) is 0.669. The average Bonchev–Trinajstić information content (AvgIpc) is 3.27. The minimum Gasteiger partial charge on any atom is -0.490 e. The molecule has 2 aromatic carbocycles. The topological polar surface area (TPSA) is 26.7 Å². The second-order valence-electron chi connectivity index (χ2n) is 5.38. The molecule has 1 unspecified atom stereocenters. The molecule has 1 saturated heterocycles. The number of hydrogen-bond acceptors (Lipinski definition) is 2. The van der Waals surface area contributed by atoms with Gasteiger partial charge in [-0.3, -0.25) is 0 Å². The van der Waals surface area contributed by atoms with Gasteiger partial charge >= 0.3 is 0 Å². The number of hydrogen-bond donors (Lipinski definition) is 0. The van der Waals surface area contributed by atoms with Crippen LogP contribution in [0, 0.1) is 0 Å². The van der Waals surface area contributed by atoms with Gasteiger partial charge in [-0.25, -0.2) is 0 Å². The first-order valence-electron chi connectivity index (χ1n) is 7.26. The Morgan fingerprint density at radius 3 is 2.71 bits per heavy atom. The lowest BCUT2D eigenvalue weighted by Crippen LogP contribution is -2.04. The maximum atomic E-state index is 5.87. The Morgan fingerprint density at radius 1 is 1.05 bits per heavy atom. The summed E-state index contributed by atoms with van der Waals surface area (Å²) in [4.78, 5) is 0. The third-order valence-electron chi connectivity index (χ3n) is 3.80. The van der Waals surface area contributed by atoms with Crippen LogP contribution in [0.3, 0.4) is 0 Å². The fourth-order valence-corrected chi connectivity index (χ4v) is 2.59. The summed E-state index contributed by atoms with van der Waals surface area (Å²) in [5, 5.41) is 1.16. The molecule has 0 radical (unpaired) electrons. The molecule has 0 N–H and O–H groups in total. The third kappa shape index (κ3) is 2.65. The van der Waals surface area contributed by atoms with Crippen LogP contribution in [0.25, 0.3) is 10.9 Å². The van der Waals surface area contributed by atoms with E-state index in [2.05, 4.69) is 47.2 Å². The highest BCUT2D eigenvalue weighted by Crippen LogP contribution is 2.28. The summed E-state index contributed by atoms with van der Waals surface area (Å²) in [7, 11) is 0. The molecule has 2 heterocycles. The molecule has 3 heteroatoms. The van der Waals surface area contributed by atoms with Gasteiger partial charge in [0.15, 0.2) is 0 Å². The zero-order valence-corrected chi connectivity index (χ0v) is 11.7. The number of epoxide rings is 1. The second kappa shape index (κ2) is 5.26. The predicted molar refractivity (Wildman–Crippen MR) is 82.7 cm³/mol. The van der Waals surface area contributed by atoms with Gasteiger partial charge in [-0.15, -0.1) is 0 Å². The molecule has 0 aliphatic carbocycles. The molecule has 1 aliphatic heterocycles. The van der Waals surface area contributed by atoms with E-state index >= 15 is 0 Å². The van der Waals surface area contributed by atoms with E-state index in [-0.39, 0.29) is 6.10 Å².